The van der Waals surface area contributed by atoms with Crippen LogP contribution in [0.3, 0.4) is 0 Å². The summed E-state index contributed by atoms with van der Waals surface area (Å²) in [6, 6.07) is 8.03. The van der Waals surface area contributed by atoms with Gasteiger partial charge in [-0.05, 0) is 37.5 Å². The number of nitrogens with zero attached hydrogens (tertiary/aromatic N) is 3. The molecule has 1 aliphatic rings. The fraction of sp³-hybridized carbons (Fsp3) is 0.375. The lowest BCUT2D eigenvalue weighted by Gasteiger charge is -2.17. The minimum atomic E-state index is 0.486. The standard InChI is InChI=1S/C16H19ClN4/c1-10-4-7-12(8-13(10)21(2)3)18-15-9-14(17)19-16(20-15)11-5-6-11/h4,7-9,11H,5-6H2,1-3H3,(H,18,19,20). The fourth-order valence-corrected chi connectivity index (χ4v) is 2.53. The third-order valence-corrected chi connectivity index (χ3v) is 3.81. The maximum Gasteiger partial charge on any atom is 0.135 e. The molecule has 1 heterocycles. The Labute approximate surface area is 130 Å². The van der Waals surface area contributed by atoms with E-state index in [1.54, 1.807) is 6.07 Å². The Morgan fingerprint density at radius 2 is 1.95 bits per heavy atom. The molecule has 0 radical (unpaired) electrons. The molecule has 0 atom stereocenters. The summed E-state index contributed by atoms with van der Waals surface area (Å²) in [4.78, 5) is 11.0. The Balaban J connectivity index is 1.88. The SMILES string of the molecule is Cc1ccc(Nc2cc(Cl)nc(C3CC3)n2)cc1N(C)C. The highest BCUT2D eigenvalue weighted by Crippen LogP contribution is 2.39. The Bertz CT molecular complexity index is 665. The molecule has 1 aliphatic carbocycles. The van der Waals surface area contributed by atoms with Gasteiger partial charge in [-0.3, -0.25) is 0 Å². The molecule has 3 rings (SSSR count). The summed E-state index contributed by atoms with van der Waals surface area (Å²) in [5, 5.41) is 3.82. The Kier molecular flexibility index (Phi) is 3.72. The molecule has 5 heteroatoms. The number of aromatic nitrogens is 2. The molecule has 1 N–H and O–H groups in total. The van der Waals surface area contributed by atoms with Gasteiger partial charge >= 0.3 is 0 Å². The molecule has 0 spiro atoms. The third kappa shape index (κ3) is 3.27. The van der Waals surface area contributed by atoms with Crippen molar-refractivity contribution in [2.24, 2.45) is 0 Å². The maximum atomic E-state index is 6.10. The quantitative estimate of drug-likeness (QED) is 0.862. The van der Waals surface area contributed by atoms with Gasteiger partial charge in [0.05, 0.1) is 0 Å². The smallest absolute Gasteiger partial charge is 0.135 e. The number of rotatable bonds is 4. The molecule has 0 amide bonds. The van der Waals surface area contributed by atoms with Gasteiger partial charge in [-0.15, -0.1) is 0 Å². The van der Waals surface area contributed by atoms with Crippen molar-refractivity contribution in [3.63, 3.8) is 0 Å². The number of nitrogens with one attached hydrogen (secondary N) is 1. The molecule has 0 aliphatic heterocycles. The van der Waals surface area contributed by atoms with Crippen molar-refractivity contribution in [2.45, 2.75) is 25.7 Å². The van der Waals surface area contributed by atoms with Gasteiger partial charge in [-0.1, -0.05) is 17.7 Å². The molecule has 4 nitrogen and oxygen atoms in total. The molecule has 1 aromatic heterocycles. The first-order chi connectivity index (χ1) is 10.0. The van der Waals surface area contributed by atoms with Crippen molar-refractivity contribution in [3.05, 3.63) is 40.8 Å². The lowest BCUT2D eigenvalue weighted by atomic mass is 10.1. The number of hydrogen-bond acceptors (Lipinski definition) is 4. The highest BCUT2D eigenvalue weighted by atomic mass is 35.5. The third-order valence-electron chi connectivity index (χ3n) is 3.62. The van der Waals surface area contributed by atoms with E-state index in [1.165, 1.54) is 11.3 Å². The van der Waals surface area contributed by atoms with Gasteiger partial charge in [-0.2, -0.15) is 0 Å². The summed E-state index contributed by atoms with van der Waals surface area (Å²) in [5.74, 6) is 2.09. The summed E-state index contributed by atoms with van der Waals surface area (Å²) >= 11 is 6.10. The lowest BCUT2D eigenvalue weighted by Crippen LogP contribution is -2.10. The van der Waals surface area contributed by atoms with Crippen LogP contribution in [0.4, 0.5) is 17.2 Å². The van der Waals surface area contributed by atoms with Gasteiger partial charge in [0.25, 0.3) is 0 Å². The predicted octanol–water partition coefficient (Wildman–Crippen LogP) is 4.13. The topological polar surface area (TPSA) is 41.1 Å². The molecular formula is C16H19ClN4. The second kappa shape index (κ2) is 5.53. The van der Waals surface area contributed by atoms with E-state index >= 15 is 0 Å². The number of benzene rings is 1. The van der Waals surface area contributed by atoms with Crippen LogP contribution in [0.2, 0.25) is 5.15 Å². The van der Waals surface area contributed by atoms with Crippen molar-refractivity contribution >= 4 is 28.8 Å². The number of anilines is 3. The van der Waals surface area contributed by atoms with Crippen molar-refractivity contribution < 1.29 is 0 Å². The predicted molar refractivity (Wildman–Crippen MR) is 87.8 cm³/mol. The van der Waals surface area contributed by atoms with Crippen molar-refractivity contribution in [1.29, 1.82) is 0 Å². The molecule has 1 saturated carbocycles. The van der Waals surface area contributed by atoms with E-state index in [9.17, 15) is 0 Å². The zero-order valence-electron chi connectivity index (χ0n) is 12.5. The van der Waals surface area contributed by atoms with Crippen LogP contribution in [0.25, 0.3) is 0 Å². The molecule has 0 saturated heterocycles. The fourth-order valence-electron chi connectivity index (χ4n) is 2.34. The maximum absolute atomic E-state index is 6.10. The average molecular weight is 303 g/mol. The van der Waals surface area contributed by atoms with Crippen LogP contribution in [-0.2, 0) is 0 Å². The Morgan fingerprint density at radius 1 is 1.19 bits per heavy atom. The van der Waals surface area contributed by atoms with Crippen LogP contribution >= 0.6 is 11.6 Å². The van der Waals surface area contributed by atoms with E-state index in [-0.39, 0.29) is 0 Å². The van der Waals surface area contributed by atoms with Crippen LogP contribution in [0.5, 0.6) is 0 Å². The van der Waals surface area contributed by atoms with Gasteiger partial charge in [-0.25, -0.2) is 9.97 Å². The first-order valence-corrected chi connectivity index (χ1v) is 7.50. The normalized spacial score (nSPS) is 14.1. The van der Waals surface area contributed by atoms with Gasteiger partial charge in [0.15, 0.2) is 0 Å². The van der Waals surface area contributed by atoms with E-state index in [0.29, 0.717) is 11.1 Å². The summed E-state index contributed by atoms with van der Waals surface area (Å²) in [5.41, 5.74) is 3.42. The summed E-state index contributed by atoms with van der Waals surface area (Å²) in [6.45, 7) is 2.10. The summed E-state index contributed by atoms with van der Waals surface area (Å²) in [6.07, 6.45) is 2.32. The lowest BCUT2D eigenvalue weighted by molar-refractivity contribution is 0.930. The second-order valence-corrected chi connectivity index (χ2v) is 6.12. The molecular weight excluding hydrogens is 284 g/mol. The zero-order chi connectivity index (χ0) is 15.0. The van der Waals surface area contributed by atoms with Crippen molar-refractivity contribution in [3.8, 4) is 0 Å². The Hall–Kier alpha value is -1.81. The van der Waals surface area contributed by atoms with Crippen LogP contribution in [-0.4, -0.2) is 24.1 Å². The van der Waals surface area contributed by atoms with E-state index in [4.69, 9.17) is 11.6 Å². The van der Waals surface area contributed by atoms with Gasteiger partial charge in [0.2, 0.25) is 0 Å². The summed E-state index contributed by atoms with van der Waals surface area (Å²) < 4.78 is 0. The molecule has 0 bridgehead atoms. The van der Waals surface area contributed by atoms with Crippen LogP contribution in [0, 0.1) is 6.92 Å². The number of hydrogen-bond donors (Lipinski definition) is 1. The van der Waals surface area contributed by atoms with E-state index < -0.39 is 0 Å². The van der Waals surface area contributed by atoms with Crippen molar-refractivity contribution in [1.82, 2.24) is 9.97 Å². The summed E-state index contributed by atoms with van der Waals surface area (Å²) in [7, 11) is 4.08. The number of halogens is 1. The minimum Gasteiger partial charge on any atom is -0.377 e. The first-order valence-electron chi connectivity index (χ1n) is 7.12. The zero-order valence-corrected chi connectivity index (χ0v) is 13.3. The average Bonchev–Trinajstić information content (AvgIpc) is 3.24. The monoisotopic (exact) mass is 302 g/mol. The molecule has 2 aromatic rings. The van der Waals surface area contributed by atoms with E-state index in [2.05, 4.69) is 45.3 Å². The Morgan fingerprint density at radius 3 is 2.62 bits per heavy atom. The first kappa shape index (κ1) is 14.1. The highest BCUT2D eigenvalue weighted by Gasteiger charge is 2.27. The van der Waals surface area contributed by atoms with Crippen LogP contribution < -0.4 is 10.2 Å². The van der Waals surface area contributed by atoms with Crippen molar-refractivity contribution in [2.75, 3.05) is 24.3 Å². The van der Waals surface area contributed by atoms with Gasteiger partial charge in [0, 0.05) is 37.5 Å². The molecule has 1 aromatic carbocycles. The van der Waals surface area contributed by atoms with Crippen LogP contribution in [0.1, 0.15) is 30.1 Å². The van der Waals surface area contributed by atoms with Crippen LogP contribution in [0.15, 0.2) is 24.3 Å². The highest BCUT2D eigenvalue weighted by molar-refractivity contribution is 6.29. The number of aryl methyl sites for hydroxylation is 1. The van der Waals surface area contributed by atoms with E-state index in [0.717, 1.165) is 30.2 Å². The minimum absolute atomic E-state index is 0.486. The molecule has 110 valence electrons. The van der Waals surface area contributed by atoms with Gasteiger partial charge in [0.1, 0.15) is 16.8 Å². The molecule has 0 unspecified atom stereocenters. The largest absolute Gasteiger partial charge is 0.377 e. The van der Waals surface area contributed by atoms with E-state index in [1.807, 2.05) is 14.1 Å². The molecule has 21 heavy (non-hydrogen) atoms. The molecule has 1 fully saturated rings. The van der Waals surface area contributed by atoms with Gasteiger partial charge < -0.3 is 10.2 Å². The second-order valence-electron chi connectivity index (χ2n) is 5.73.